The van der Waals surface area contributed by atoms with Gasteiger partial charge in [0, 0.05) is 26.1 Å². The highest BCUT2D eigenvalue weighted by atomic mass is 19.1. The number of nitrogens with zero attached hydrogens (tertiary/aromatic N) is 1. The first-order chi connectivity index (χ1) is 8.58. The van der Waals surface area contributed by atoms with Gasteiger partial charge in [-0.15, -0.1) is 0 Å². The smallest absolute Gasteiger partial charge is 0.167 e. The normalized spacial score (nSPS) is 24.4. The third kappa shape index (κ3) is 2.93. The molecular weight excluding hydrogens is 237 g/mol. The average Bonchev–Trinajstić information content (AvgIpc) is 2.66. The summed E-state index contributed by atoms with van der Waals surface area (Å²) in [6.07, 6.45) is -1.33. The molecule has 1 aromatic rings. The third-order valence-corrected chi connectivity index (χ3v) is 3.16. The van der Waals surface area contributed by atoms with E-state index in [-0.39, 0.29) is 17.8 Å². The highest BCUT2D eigenvalue weighted by Crippen LogP contribution is 2.13. The summed E-state index contributed by atoms with van der Waals surface area (Å²) in [5.74, 6) is -0.770. The fourth-order valence-electron chi connectivity index (χ4n) is 2.11. The summed E-state index contributed by atoms with van der Waals surface area (Å²) in [6.45, 7) is 1.12. The molecule has 0 radical (unpaired) electrons. The van der Waals surface area contributed by atoms with Crippen LogP contribution in [0.4, 0.5) is 4.39 Å². The Hall–Kier alpha value is -1.30. The van der Waals surface area contributed by atoms with E-state index in [1.807, 2.05) is 0 Å². The quantitative estimate of drug-likeness (QED) is 0.764. The zero-order chi connectivity index (χ0) is 13.1. The highest BCUT2D eigenvalue weighted by Gasteiger charge is 2.29. The number of benzene rings is 1. The van der Waals surface area contributed by atoms with Crippen molar-refractivity contribution in [2.45, 2.75) is 18.6 Å². The van der Waals surface area contributed by atoms with Gasteiger partial charge in [-0.3, -0.25) is 9.69 Å². The van der Waals surface area contributed by atoms with Crippen molar-refractivity contribution in [2.75, 3.05) is 19.6 Å². The fraction of sp³-hybridized carbons (Fsp3) is 0.462. The fourth-order valence-corrected chi connectivity index (χ4v) is 2.11. The molecule has 2 rings (SSSR count). The number of aliphatic hydroxyl groups is 2. The summed E-state index contributed by atoms with van der Waals surface area (Å²) in [5.41, 5.74) is 0.0952. The molecule has 5 heteroatoms. The zero-order valence-corrected chi connectivity index (χ0v) is 9.92. The molecule has 1 aliphatic rings. The molecule has 2 atom stereocenters. The van der Waals surface area contributed by atoms with Crippen LogP contribution in [0.2, 0.25) is 0 Å². The lowest BCUT2D eigenvalue weighted by atomic mass is 10.1. The minimum absolute atomic E-state index is 0.0952. The highest BCUT2D eigenvalue weighted by molar-refractivity contribution is 5.96. The van der Waals surface area contributed by atoms with Crippen molar-refractivity contribution in [2.24, 2.45) is 0 Å². The first-order valence-corrected chi connectivity index (χ1v) is 5.94. The van der Waals surface area contributed by atoms with Crippen molar-refractivity contribution >= 4 is 5.78 Å². The van der Waals surface area contributed by atoms with Gasteiger partial charge in [-0.25, -0.2) is 4.39 Å². The molecule has 1 aliphatic heterocycles. The minimum Gasteiger partial charge on any atom is -0.389 e. The number of Topliss-reactive ketones (excluding diaryl/α,β-unsaturated/α-hetero) is 1. The maximum atomic E-state index is 13.4. The van der Waals surface area contributed by atoms with Gasteiger partial charge in [0.2, 0.25) is 0 Å². The molecule has 4 nitrogen and oxygen atoms in total. The topological polar surface area (TPSA) is 60.8 Å². The molecule has 0 spiro atoms. The standard InChI is InChI=1S/C13H16FNO3/c14-10-4-2-1-3-9(10)11(16)5-6-15-7-12(17)13(18)8-15/h1-4,12-13,17-18H,5-8H2. The molecule has 0 amide bonds. The van der Waals surface area contributed by atoms with Crippen molar-refractivity contribution < 1.29 is 19.4 Å². The molecule has 1 heterocycles. The van der Waals surface area contributed by atoms with Crippen LogP contribution in [0.1, 0.15) is 16.8 Å². The van der Waals surface area contributed by atoms with Gasteiger partial charge < -0.3 is 10.2 Å². The number of ketones is 1. The molecule has 1 aromatic carbocycles. The third-order valence-electron chi connectivity index (χ3n) is 3.16. The molecule has 98 valence electrons. The van der Waals surface area contributed by atoms with Gasteiger partial charge in [-0.05, 0) is 12.1 Å². The van der Waals surface area contributed by atoms with Crippen molar-refractivity contribution in [1.82, 2.24) is 4.90 Å². The molecule has 18 heavy (non-hydrogen) atoms. The summed E-state index contributed by atoms with van der Waals surface area (Å²) in [6, 6.07) is 5.89. The lowest BCUT2D eigenvalue weighted by Crippen LogP contribution is -2.25. The molecule has 0 aliphatic carbocycles. The van der Waals surface area contributed by atoms with E-state index >= 15 is 0 Å². The predicted octanol–water partition coefficient (Wildman–Crippen LogP) is 0.436. The van der Waals surface area contributed by atoms with Crippen LogP contribution in [0.15, 0.2) is 24.3 Å². The number of halogens is 1. The van der Waals surface area contributed by atoms with Crippen LogP contribution in [-0.2, 0) is 0 Å². The summed E-state index contributed by atoms with van der Waals surface area (Å²) in [7, 11) is 0. The van der Waals surface area contributed by atoms with Gasteiger partial charge in [0.25, 0.3) is 0 Å². The van der Waals surface area contributed by atoms with Gasteiger partial charge in [-0.1, -0.05) is 12.1 Å². The van der Waals surface area contributed by atoms with Gasteiger partial charge in [-0.2, -0.15) is 0 Å². The van der Waals surface area contributed by atoms with E-state index in [2.05, 4.69) is 0 Å². The monoisotopic (exact) mass is 253 g/mol. The van der Waals surface area contributed by atoms with Gasteiger partial charge in [0.15, 0.2) is 5.78 Å². The SMILES string of the molecule is O=C(CCN1CC(O)C(O)C1)c1ccccc1F. The molecule has 1 saturated heterocycles. The second kappa shape index (κ2) is 5.56. The van der Waals surface area contributed by atoms with Crippen molar-refractivity contribution in [3.63, 3.8) is 0 Å². The summed E-state index contributed by atoms with van der Waals surface area (Å²) in [4.78, 5) is 13.6. The number of hydrogen-bond donors (Lipinski definition) is 2. The number of β-amino-alcohol motifs (C(OH)–C–C–N with tert-alkyl or cyclic N) is 2. The molecule has 1 fully saturated rings. The molecule has 2 N–H and O–H groups in total. The van der Waals surface area contributed by atoms with Gasteiger partial charge in [0.05, 0.1) is 17.8 Å². The lowest BCUT2D eigenvalue weighted by Gasteiger charge is -2.13. The number of likely N-dealkylation sites (tertiary alicyclic amines) is 1. The van der Waals surface area contributed by atoms with Crippen molar-refractivity contribution in [3.05, 3.63) is 35.6 Å². The maximum absolute atomic E-state index is 13.4. The van der Waals surface area contributed by atoms with E-state index in [1.54, 1.807) is 17.0 Å². The Morgan fingerprint density at radius 2 is 1.89 bits per heavy atom. The van der Waals surface area contributed by atoms with E-state index in [4.69, 9.17) is 0 Å². The maximum Gasteiger partial charge on any atom is 0.167 e. The molecule has 2 unspecified atom stereocenters. The lowest BCUT2D eigenvalue weighted by molar-refractivity contribution is 0.0572. The average molecular weight is 253 g/mol. The Morgan fingerprint density at radius 1 is 1.28 bits per heavy atom. The Kier molecular flexibility index (Phi) is 4.06. The number of carbonyl (C=O) groups excluding carboxylic acids is 1. The first kappa shape index (κ1) is 13.1. The number of aliphatic hydroxyl groups excluding tert-OH is 2. The molecule has 0 bridgehead atoms. The van der Waals surface area contributed by atoms with Crippen LogP contribution in [0, 0.1) is 5.82 Å². The Labute approximate surface area is 105 Å². The van der Waals surface area contributed by atoms with E-state index in [0.29, 0.717) is 19.6 Å². The molecule has 0 aromatic heterocycles. The Morgan fingerprint density at radius 3 is 2.50 bits per heavy atom. The number of hydrogen-bond acceptors (Lipinski definition) is 4. The predicted molar refractivity (Wildman–Crippen MR) is 63.8 cm³/mol. The van der Waals surface area contributed by atoms with Gasteiger partial charge in [0.1, 0.15) is 5.82 Å². The van der Waals surface area contributed by atoms with E-state index in [1.165, 1.54) is 12.1 Å². The second-order valence-electron chi connectivity index (χ2n) is 4.55. The molecule has 0 saturated carbocycles. The first-order valence-electron chi connectivity index (χ1n) is 5.94. The number of carbonyl (C=O) groups is 1. The second-order valence-corrected chi connectivity index (χ2v) is 4.55. The van der Waals surface area contributed by atoms with E-state index in [9.17, 15) is 19.4 Å². The number of rotatable bonds is 4. The summed E-state index contributed by atoms with van der Waals surface area (Å²) < 4.78 is 13.4. The Balaban J connectivity index is 1.88. The van der Waals surface area contributed by atoms with Crippen LogP contribution in [-0.4, -0.2) is 52.7 Å². The van der Waals surface area contributed by atoms with Crippen LogP contribution in [0.3, 0.4) is 0 Å². The summed E-state index contributed by atoms with van der Waals surface area (Å²) >= 11 is 0. The van der Waals surface area contributed by atoms with Crippen LogP contribution in [0.5, 0.6) is 0 Å². The van der Waals surface area contributed by atoms with Crippen LogP contribution in [0.25, 0.3) is 0 Å². The zero-order valence-electron chi connectivity index (χ0n) is 9.92. The van der Waals surface area contributed by atoms with Gasteiger partial charge >= 0.3 is 0 Å². The minimum atomic E-state index is -0.756. The van der Waals surface area contributed by atoms with Crippen LogP contribution < -0.4 is 0 Å². The largest absolute Gasteiger partial charge is 0.389 e. The summed E-state index contributed by atoms with van der Waals surface area (Å²) in [5, 5.41) is 18.7. The molecular formula is C13H16FNO3. The van der Waals surface area contributed by atoms with E-state index in [0.717, 1.165) is 0 Å². The Bertz CT molecular complexity index is 428. The van der Waals surface area contributed by atoms with Crippen molar-refractivity contribution in [1.29, 1.82) is 0 Å². The van der Waals surface area contributed by atoms with E-state index < -0.39 is 18.0 Å². The van der Waals surface area contributed by atoms with Crippen molar-refractivity contribution in [3.8, 4) is 0 Å². The van der Waals surface area contributed by atoms with Crippen LogP contribution >= 0.6 is 0 Å².